The highest BCUT2D eigenvalue weighted by atomic mass is 16.1. The van der Waals surface area contributed by atoms with Crippen molar-refractivity contribution in [2.45, 2.75) is 13.3 Å². The lowest BCUT2D eigenvalue weighted by Crippen LogP contribution is -2.31. The number of nitrogens with zero attached hydrogens (tertiary/aromatic N) is 2. The molecular weight excluding hydrogens is 274 g/mol. The molecule has 0 radical (unpaired) electrons. The molecule has 3 rings (SSSR count). The highest BCUT2D eigenvalue weighted by Gasteiger charge is 2.23. The molecule has 0 bridgehead atoms. The standard InChI is InChI=1S/C18H21N3O/c1-14-6-5-9-17(20-14)18(22)19-12-15-10-11-21(13-15)16-7-3-2-4-8-16/h2-9,15H,10-13H2,1H3,(H,19,22). The van der Waals surface area contributed by atoms with Crippen molar-refractivity contribution < 1.29 is 4.79 Å². The normalized spacial score (nSPS) is 17.5. The Bertz CT molecular complexity index is 642. The molecule has 0 aliphatic carbocycles. The van der Waals surface area contributed by atoms with Crippen molar-refractivity contribution in [3.8, 4) is 0 Å². The fourth-order valence-corrected chi connectivity index (χ4v) is 2.87. The lowest BCUT2D eigenvalue weighted by atomic mass is 10.1. The van der Waals surface area contributed by atoms with Crippen LogP contribution in [-0.2, 0) is 0 Å². The predicted octanol–water partition coefficient (Wildman–Crippen LogP) is 2.65. The second kappa shape index (κ2) is 6.60. The number of benzene rings is 1. The van der Waals surface area contributed by atoms with Gasteiger partial charge in [0.1, 0.15) is 5.69 Å². The monoisotopic (exact) mass is 295 g/mol. The average molecular weight is 295 g/mol. The fraction of sp³-hybridized carbons (Fsp3) is 0.333. The van der Waals surface area contributed by atoms with Gasteiger partial charge in [0.25, 0.3) is 5.91 Å². The molecule has 1 unspecified atom stereocenters. The Balaban J connectivity index is 1.52. The van der Waals surface area contributed by atoms with Gasteiger partial charge >= 0.3 is 0 Å². The van der Waals surface area contributed by atoms with E-state index < -0.39 is 0 Å². The number of hydrogen-bond acceptors (Lipinski definition) is 3. The number of anilines is 1. The molecule has 1 fully saturated rings. The summed E-state index contributed by atoms with van der Waals surface area (Å²) in [5.41, 5.74) is 2.62. The molecule has 1 aromatic carbocycles. The van der Waals surface area contributed by atoms with Crippen LogP contribution in [0, 0.1) is 12.8 Å². The van der Waals surface area contributed by atoms with Crippen LogP contribution in [0.1, 0.15) is 22.6 Å². The summed E-state index contributed by atoms with van der Waals surface area (Å²) in [6.45, 7) is 4.64. The van der Waals surface area contributed by atoms with Crippen molar-refractivity contribution in [2.24, 2.45) is 5.92 Å². The summed E-state index contributed by atoms with van der Waals surface area (Å²) >= 11 is 0. The minimum atomic E-state index is -0.0816. The minimum Gasteiger partial charge on any atom is -0.371 e. The van der Waals surface area contributed by atoms with Gasteiger partial charge in [0.15, 0.2) is 0 Å². The van der Waals surface area contributed by atoms with E-state index in [2.05, 4.69) is 39.5 Å². The van der Waals surface area contributed by atoms with Gasteiger partial charge in [-0.15, -0.1) is 0 Å². The van der Waals surface area contributed by atoms with Crippen LogP contribution in [0.5, 0.6) is 0 Å². The first-order chi connectivity index (χ1) is 10.7. The average Bonchev–Trinajstić information content (AvgIpc) is 3.02. The summed E-state index contributed by atoms with van der Waals surface area (Å²) in [6, 6.07) is 16.0. The van der Waals surface area contributed by atoms with Crippen LogP contribution < -0.4 is 10.2 Å². The maximum Gasteiger partial charge on any atom is 0.269 e. The van der Waals surface area contributed by atoms with Gasteiger partial charge in [-0.3, -0.25) is 4.79 Å². The number of amides is 1. The Morgan fingerprint density at radius 3 is 2.82 bits per heavy atom. The van der Waals surface area contributed by atoms with Crippen molar-refractivity contribution in [1.29, 1.82) is 0 Å². The van der Waals surface area contributed by atoms with Gasteiger partial charge in [-0.25, -0.2) is 4.98 Å². The zero-order valence-electron chi connectivity index (χ0n) is 12.8. The Morgan fingerprint density at radius 2 is 2.05 bits per heavy atom. The molecule has 4 heteroatoms. The van der Waals surface area contributed by atoms with E-state index in [1.165, 1.54) is 5.69 Å². The SMILES string of the molecule is Cc1cccc(C(=O)NCC2CCN(c3ccccc3)C2)n1. The van der Waals surface area contributed by atoms with Crippen LogP contribution in [0.4, 0.5) is 5.69 Å². The predicted molar refractivity (Wildman–Crippen MR) is 88.1 cm³/mol. The van der Waals surface area contributed by atoms with E-state index >= 15 is 0 Å². The summed E-state index contributed by atoms with van der Waals surface area (Å²) in [7, 11) is 0. The molecule has 2 aromatic rings. The minimum absolute atomic E-state index is 0.0816. The molecule has 1 aliphatic heterocycles. The largest absolute Gasteiger partial charge is 0.371 e. The zero-order valence-corrected chi connectivity index (χ0v) is 12.8. The van der Waals surface area contributed by atoms with E-state index in [0.29, 0.717) is 18.2 Å². The summed E-state index contributed by atoms with van der Waals surface area (Å²) < 4.78 is 0. The molecule has 1 N–H and O–H groups in total. The molecule has 4 nitrogen and oxygen atoms in total. The van der Waals surface area contributed by atoms with Gasteiger partial charge in [0.05, 0.1) is 0 Å². The quantitative estimate of drug-likeness (QED) is 0.943. The number of para-hydroxylation sites is 1. The van der Waals surface area contributed by atoms with Gasteiger partial charge in [0.2, 0.25) is 0 Å². The van der Waals surface area contributed by atoms with E-state index in [1.807, 2.05) is 25.1 Å². The van der Waals surface area contributed by atoms with Crippen LogP contribution >= 0.6 is 0 Å². The van der Waals surface area contributed by atoms with Crippen molar-refractivity contribution in [2.75, 3.05) is 24.5 Å². The molecular formula is C18H21N3O. The first kappa shape index (κ1) is 14.6. The third-order valence-electron chi connectivity index (χ3n) is 4.08. The molecule has 0 saturated carbocycles. The Hall–Kier alpha value is -2.36. The van der Waals surface area contributed by atoms with E-state index in [4.69, 9.17) is 0 Å². The van der Waals surface area contributed by atoms with Crippen LogP contribution in [0.3, 0.4) is 0 Å². The van der Waals surface area contributed by atoms with Crippen molar-refractivity contribution in [1.82, 2.24) is 10.3 Å². The van der Waals surface area contributed by atoms with Gasteiger partial charge in [-0.2, -0.15) is 0 Å². The number of pyridine rings is 1. The van der Waals surface area contributed by atoms with Crippen molar-refractivity contribution in [3.63, 3.8) is 0 Å². The smallest absolute Gasteiger partial charge is 0.269 e. The number of aryl methyl sites for hydroxylation is 1. The molecule has 1 amide bonds. The molecule has 22 heavy (non-hydrogen) atoms. The lowest BCUT2D eigenvalue weighted by molar-refractivity contribution is 0.0943. The van der Waals surface area contributed by atoms with E-state index in [9.17, 15) is 4.79 Å². The number of hydrogen-bond donors (Lipinski definition) is 1. The number of carbonyl (C=O) groups is 1. The van der Waals surface area contributed by atoms with Crippen molar-refractivity contribution in [3.05, 3.63) is 59.9 Å². The van der Waals surface area contributed by atoms with Gasteiger partial charge in [-0.1, -0.05) is 24.3 Å². The lowest BCUT2D eigenvalue weighted by Gasteiger charge is -2.18. The first-order valence-corrected chi connectivity index (χ1v) is 7.74. The van der Waals surface area contributed by atoms with Crippen LogP contribution in [0.25, 0.3) is 0 Å². The number of rotatable bonds is 4. The number of carbonyl (C=O) groups excluding carboxylic acids is 1. The van der Waals surface area contributed by atoms with E-state index in [-0.39, 0.29) is 5.91 Å². The Labute approximate surface area is 131 Å². The Morgan fingerprint density at radius 1 is 1.23 bits per heavy atom. The van der Waals surface area contributed by atoms with Gasteiger partial charge < -0.3 is 10.2 Å². The molecule has 1 aliphatic rings. The first-order valence-electron chi connectivity index (χ1n) is 7.74. The molecule has 1 saturated heterocycles. The molecule has 1 aromatic heterocycles. The van der Waals surface area contributed by atoms with Crippen LogP contribution in [0.15, 0.2) is 48.5 Å². The highest BCUT2D eigenvalue weighted by Crippen LogP contribution is 2.22. The fourth-order valence-electron chi connectivity index (χ4n) is 2.87. The number of nitrogens with one attached hydrogen (secondary N) is 1. The topological polar surface area (TPSA) is 45.2 Å². The second-order valence-electron chi connectivity index (χ2n) is 5.81. The van der Waals surface area contributed by atoms with Crippen LogP contribution in [-0.4, -0.2) is 30.5 Å². The molecule has 0 spiro atoms. The molecule has 1 atom stereocenters. The number of aromatic nitrogens is 1. The zero-order chi connectivity index (χ0) is 15.4. The maximum atomic E-state index is 12.1. The van der Waals surface area contributed by atoms with Gasteiger partial charge in [0, 0.05) is 31.0 Å². The molecule has 114 valence electrons. The van der Waals surface area contributed by atoms with Crippen LogP contribution in [0.2, 0.25) is 0 Å². The third-order valence-corrected chi connectivity index (χ3v) is 4.08. The van der Waals surface area contributed by atoms with E-state index in [0.717, 1.165) is 25.2 Å². The summed E-state index contributed by atoms with van der Waals surface area (Å²) in [5, 5.41) is 3.01. The summed E-state index contributed by atoms with van der Waals surface area (Å²) in [6.07, 6.45) is 1.11. The van der Waals surface area contributed by atoms with Gasteiger partial charge in [-0.05, 0) is 43.5 Å². The highest BCUT2D eigenvalue weighted by molar-refractivity contribution is 5.92. The van der Waals surface area contributed by atoms with Crippen molar-refractivity contribution >= 4 is 11.6 Å². The van der Waals surface area contributed by atoms with E-state index in [1.54, 1.807) is 6.07 Å². The molecule has 2 heterocycles. The summed E-state index contributed by atoms with van der Waals surface area (Å²) in [4.78, 5) is 18.8. The summed E-state index contributed by atoms with van der Waals surface area (Å²) in [5.74, 6) is 0.413. The third kappa shape index (κ3) is 3.45. The second-order valence-corrected chi connectivity index (χ2v) is 5.81. The maximum absolute atomic E-state index is 12.1. The Kier molecular flexibility index (Phi) is 4.37.